The number of aromatic nitrogens is 3. The highest BCUT2D eigenvalue weighted by Gasteiger charge is 2.24. The van der Waals surface area contributed by atoms with Gasteiger partial charge in [-0.05, 0) is 39.0 Å². The van der Waals surface area contributed by atoms with Crippen LogP contribution in [-0.4, -0.2) is 52.1 Å². The number of benzene rings is 1. The summed E-state index contributed by atoms with van der Waals surface area (Å²) in [4.78, 5) is 19.7. The lowest BCUT2D eigenvalue weighted by Gasteiger charge is -2.27. The van der Waals surface area contributed by atoms with E-state index >= 15 is 0 Å². The van der Waals surface area contributed by atoms with Crippen LogP contribution in [0.2, 0.25) is 0 Å². The fourth-order valence-electron chi connectivity index (χ4n) is 4.25. The summed E-state index contributed by atoms with van der Waals surface area (Å²) >= 11 is 0. The Balaban J connectivity index is 1.35. The number of carbonyl (C=O) groups is 1. The first-order valence-corrected chi connectivity index (χ1v) is 10.2. The van der Waals surface area contributed by atoms with Gasteiger partial charge in [0, 0.05) is 36.4 Å². The summed E-state index contributed by atoms with van der Waals surface area (Å²) in [6.07, 6.45) is 6.38. The molecule has 1 atom stereocenters. The van der Waals surface area contributed by atoms with E-state index in [0.717, 1.165) is 55.0 Å². The van der Waals surface area contributed by atoms with Gasteiger partial charge in [0.1, 0.15) is 5.75 Å². The maximum absolute atomic E-state index is 12.9. The normalized spacial score (nSPS) is 20.2. The highest BCUT2D eigenvalue weighted by Crippen LogP contribution is 2.32. The molecule has 150 valence electrons. The molecule has 0 aliphatic carbocycles. The molecule has 1 fully saturated rings. The van der Waals surface area contributed by atoms with Crippen molar-refractivity contribution in [3.05, 3.63) is 59.5 Å². The average molecular weight is 391 g/mol. The van der Waals surface area contributed by atoms with Crippen molar-refractivity contribution in [2.75, 3.05) is 26.7 Å². The van der Waals surface area contributed by atoms with Gasteiger partial charge in [0.05, 0.1) is 23.9 Å². The lowest BCUT2D eigenvalue weighted by Crippen LogP contribution is -2.32. The van der Waals surface area contributed by atoms with Crippen LogP contribution in [0, 0.1) is 0 Å². The van der Waals surface area contributed by atoms with Gasteiger partial charge < -0.3 is 15.0 Å². The van der Waals surface area contributed by atoms with Crippen molar-refractivity contribution in [2.24, 2.45) is 0 Å². The standard InChI is InChI=1S/C22H25N5O2/c1-26-9-6-15(7-10-26)19-12-21-23-13-16(14-27(21)25-19)22(28)24-18-8-11-29-20-5-3-2-4-17(18)20/h2-5,12-15,18H,6-11H2,1H3,(H,24,28)/t18-/m0/s1. The molecule has 1 aromatic carbocycles. The Morgan fingerprint density at radius 2 is 2.03 bits per heavy atom. The van der Waals surface area contributed by atoms with E-state index in [4.69, 9.17) is 9.84 Å². The van der Waals surface area contributed by atoms with Gasteiger partial charge >= 0.3 is 0 Å². The Morgan fingerprint density at radius 1 is 1.21 bits per heavy atom. The molecule has 1 saturated heterocycles. The van der Waals surface area contributed by atoms with E-state index in [0.29, 0.717) is 18.1 Å². The molecular weight excluding hydrogens is 366 g/mol. The predicted molar refractivity (Wildman–Crippen MR) is 109 cm³/mol. The van der Waals surface area contributed by atoms with Crippen molar-refractivity contribution in [3.63, 3.8) is 0 Å². The van der Waals surface area contributed by atoms with Gasteiger partial charge in [0.2, 0.25) is 0 Å². The number of carbonyl (C=O) groups excluding carboxylic acids is 1. The second-order valence-corrected chi connectivity index (χ2v) is 7.99. The van der Waals surface area contributed by atoms with E-state index in [-0.39, 0.29) is 11.9 Å². The minimum absolute atomic E-state index is 0.0597. The number of likely N-dealkylation sites (tertiary alicyclic amines) is 1. The highest BCUT2D eigenvalue weighted by atomic mass is 16.5. The van der Waals surface area contributed by atoms with Crippen molar-refractivity contribution in [1.82, 2.24) is 24.8 Å². The van der Waals surface area contributed by atoms with Crippen molar-refractivity contribution in [1.29, 1.82) is 0 Å². The first kappa shape index (κ1) is 18.1. The SMILES string of the molecule is CN1CCC(c2cc3ncc(C(=O)N[C@H]4CCOc5ccccc54)cn3n2)CC1. The van der Waals surface area contributed by atoms with Crippen molar-refractivity contribution in [3.8, 4) is 5.75 Å². The lowest BCUT2D eigenvalue weighted by atomic mass is 9.94. The fourth-order valence-corrected chi connectivity index (χ4v) is 4.25. The third-order valence-corrected chi connectivity index (χ3v) is 6.00. The quantitative estimate of drug-likeness (QED) is 0.743. The van der Waals surface area contributed by atoms with Gasteiger partial charge in [-0.1, -0.05) is 18.2 Å². The molecule has 7 nitrogen and oxygen atoms in total. The average Bonchev–Trinajstić information content (AvgIpc) is 3.18. The van der Waals surface area contributed by atoms with Crippen LogP contribution in [0.25, 0.3) is 5.65 Å². The molecule has 2 aliphatic heterocycles. The Hall–Kier alpha value is -2.93. The van der Waals surface area contributed by atoms with Gasteiger partial charge in [-0.25, -0.2) is 9.50 Å². The smallest absolute Gasteiger partial charge is 0.254 e. The van der Waals surface area contributed by atoms with Gasteiger partial charge in [0.25, 0.3) is 5.91 Å². The number of hydrogen-bond acceptors (Lipinski definition) is 5. The summed E-state index contributed by atoms with van der Waals surface area (Å²) in [5.74, 6) is 1.16. The molecule has 2 aliphatic rings. The van der Waals surface area contributed by atoms with Gasteiger partial charge in [0.15, 0.2) is 5.65 Å². The molecule has 5 rings (SSSR count). The number of para-hydroxylation sites is 1. The number of piperidine rings is 1. The number of hydrogen-bond donors (Lipinski definition) is 1. The topological polar surface area (TPSA) is 71.8 Å². The zero-order valence-electron chi connectivity index (χ0n) is 16.5. The third kappa shape index (κ3) is 3.58. The monoisotopic (exact) mass is 391 g/mol. The van der Waals surface area contributed by atoms with E-state index in [2.05, 4.69) is 22.2 Å². The molecule has 0 radical (unpaired) electrons. The molecule has 4 heterocycles. The number of nitrogens with zero attached hydrogens (tertiary/aromatic N) is 4. The Morgan fingerprint density at radius 3 is 2.90 bits per heavy atom. The van der Waals surface area contributed by atoms with Gasteiger partial charge in [-0.2, -0.15) is 5.10 Å². The number of ether oxygens (including phenoxy) is 1. The minimum Gasteiger partial charge on any atom is -0.493 e. The molecule has 3 aromatic rings. The summed E-state index contributed by atoms with van der Waals surface area (Å²) in [6.45, 7) is 2.77. The number of rotatable bonds is 3. The molecule has 0 bridgehead atoms. The zero-order valence-corrected chi connectivity index (χ0v) is 16.5. The summed E-state index contributed by atoms with van der Waals surface area (Å²) < 4.78 is 7.42. The molecule has 0 saturated carbocycles. The summed E-state index contributed by atoms with van der Waals surface area (Å²) in [5, 5.41) is 7.85. The highest BCUT2D eigenvalue weighted by molar-refractivity contribution is 5.94. The number of fused-ring (bicyclic) bond motifs is 2. The van der Waals surface area contributed by atoms with Crippen LogP contribution in [0.4, 0.5) is 0 Å². The van der Waals surface area contributed by atoms with Crippen molar-refractivity contribution < 1.29 is 9.53 Å². The van der Waals surface area contributed by atoms with Crippen LogP contribution < -0.4 is 10.1 Å². The maximum atomic E-state index is 12.9. The van der Waals surface area contributed by atoms with Crippen molar-refractivity contribution >= 4 is 11.6 Å². The predicted octanol–water partition coefficient (Wildman–Crippen LogP) is 2.79. The lowest BCUT2D eigenvalue weighted by molar-refractivity contribution is 0.0924. The molecule has 1 N–H and O–H groups in total. The number of amides is 1. The minimum atomic E-state index is -0.141. The zero-order chi connectivity index (χ0) is 19.8. The van der Waals surface area contributed by atoms with Crippen LogP contribution in [0.1, 0.15) is 52.8 Å². The molecule has 2 aromatic heterocycles. The second-order valence-electron chi connectivity index (χ2n) is 7.99. The molecule has 0 spiro atoms. The Labute approximate surface area is 169 Å². The molecule has 7 heteroatoms. The van der Waals surface area contributed by atoms with Crippen LogP contribution >= 0.6 is 0 Å². The Bertz CT molecular complexity index is 1040. The fraction of sp³-hybridized carbons (Fsp3) is 0.409. The van der Waals surface area contributed by atoms with Crippen LogP contribution in [0.5, 0.6) is 5.75 Å². The first-order chi connectivity index (χ1) is 14.2. The van der Waals surface area contributed by atoms with Gasteiger partial charge in [-0.15, -0.1) is 0 Å². The van der Waals surface area contributed by atoms with E-state index in [9.17, 15) is 4.79 Å². The molecular formula is C22H25N5O2. The number of nitrogens with one attached hydrogen (secondary N) is 1. The first-order valence-electron chi connectivity index (χ1n) is 10.2. The van der Waals surface area contributed by atoms with E-state index in [1.165, 1.54) is 0 Å². The van der Waals surface area contributed by atoms with Crippen LogP contribution in [0.3, 0.4) is 0 Å². The summed E-state index contributed by atoms with van der Waals surface area (Å²) in [6, 6.07) is 9.84. The summed E-state index contributed by atoms with van der Waals surface area (Å²) in [7, 11) is 2.16. The van der Waals surface area contributed by atoms with E-state index in [1.54, 1.807) is 16.9 Å². The molecule has 0 unspecified atom stereocenters. The summed E-state index contributed by atoms with van der Waals surface area (Å²) in [5.41, 5.74) is 3.39. The van der Waals surface area contributed by atoms with Crippen molar-refractivity contribution in [2.45, 2.75) is 31.2 Å². The van der Waals surface area contributed by atoms with Gasteiger partial charge in [-0.3, -0.25) is 4.79 Å². The molecule has 1 amide bonds. The maximum Gasteiger partial charge on any atom is 0.254 e. The largest absolute Gasteiger partial charge is 0.493 e. The Kier molecular flexibility index (Phi) is 4.67. The van der Waals surface area contributed by atoms with E-state index in [1.807, 2.05) is 30.3 Å². The third-order valence-electron chi connectivity index (χ3n) is 6.00. The van der Waals surface area contributed by atoms with Crippen LogP contribution in [-0.2, 0) is 0 Å². The van der Waals surface area contributed by atoms with E-state index < -0.39 is 0 Å². The van der Waals surface area contributed by atoms with Crippen LogP contribution in [0.15, 0.2) is 42.7 Å². The second kappa shape index (κ2) is 7.48. The molecule has 29 heavy (non-hydrogen) atoms.